The van der Waals surface area contributed by atoms with Crippen LogP contribution in [-0.4, -0.2) is 38.7 Å². The molecular weight excluding hydrogens is 412 g/mol. The van der Waals surface area contributed by atoms with Crippen LogP contribution in [0.1, 0.15) is 43.6 Å². The highest BCUT2D eigenvalue weighted by Crippen LogP contribution is 2.44. The van der Waals surface area contributed by atoms with Crippen molar-refractivity contribution >= 4 is 21.9 Å². The van der Waals surface area contributed by atoms with Crippen molar-refractivity contribution in [3.05, 3.63) is 57.3 Å². The first-order chi connectivity index (χ1) is 14.9. The third-order valence-corrected chi connectivity index (χ3v) is 6.30. The molecule has 0 aliphatic carbocycles. The summed E-state index contributed by atoms with van der Waals surface area (Å²) in [6.45, 7) is 10.7. The van der Waals surface area contributed by atoms with Crippen molar-refractivity contribution in [3.63, 3.8) is 0 Å². The van der Waals surface area contributed by atoms with E-state index in [9.17, 15) is 25.2 Å². The smallest absolute Gasteiger partial charge is 0.204 e. The second-order valence-electron chi connectivity index (χ2n) is 9.27. The Hall–Kier alpha value is -2.87. The molecule has 0 amide bonds. The molecule has 4 rings (SSSR count). The van der Waals surface area contributed by atoms with Crippen LogP contribution < -0.4 is 10.2 Å². The molecule has 0 saturated heterocycles. The maximum absolute atomic E-state index is 13.6. The molecule has 0 bridgehead atoms. The topological polar surface area (TPSA) is 120 Å². The van der Waals surface area contributed by atoms with Gasteiger partial charge in [0.2, 0.25) is 5.43 Å². The fourth-order valence-electron chi connectivity index (χ4n) is 4.26. The summed E-state index contributed by atoms with van der Waals surface area (Å²) < 4.78 is 12.0. The predicted octanol–water partition coefficient (Wildman–Crippen LogP) is 3.25. The van der Waals surface area contributed by atoms with Gasteiger partial charge in [-0.05, 0) is 51.0 Å². The van der Waals surface area contributed by atoms with Gasteiger partial charge >= 0.3 is 0 Å². The van der Waals surface area contributed by atoms with Crippen molar-refractivity contribution in [3.8, 4) is 11.5 Å². The Morgan fingerprint density at radius 3 is 2.62 bits per heavy atom. The van der Waals surface area contributed by atoms with Gasteiger partial charge in [-0.3, -0.25) is 4.79 Å². The summed E-state index contributed by atoms with van der Waals surface area (Å²) in [6, 6.07) is 4.59. The second kappa shape index (κ2) is 7.62. The molecule has 1 aromatic heterocycles. The van der Waals surface area contributed by atoms with Gasteiger partial charge < -0.3 is 29.6 Å². The standard InChI is InChI=1S/C25H28O7/c1-11(2)14-10-31-23-12(3)8-16-19(20(23)21(14)28)22(29)18-15(26)7-6-13(24(18)32-16)9-17(27)25(4,5)30/h6-8,14,17,21,26-28,30H,1,9-10H2,2-5H3/t14-,17-,21-/m0/s1. The Labute approximate surface area is 185 Å². The summed E-state index contributed by atoms with van der Waals surface area (Å²) >= 11 is 0. The lowest BCUT2D eigenvalue weighted by Gasteiger charge is -2.32. The van der Waals surface area contributed by atoms with Crippen LogP contribution >= 0.6 is 0 Å². The van der Waals surface area contributed by atoms with Gasteiger partial charge in [0.25, 0.3) is 0 Å². The van der Waals surface area contributed by atoms with Crippen molar-refractivity contribution in [2.45, 2.75) is 51.9 Å². The minimum Gasteiger partial charge on any atom is -0.507 e. The van der Waals surface area contributed by atoms with Gasteiger partial charge in [0.05, 0.1) is 29.8 Å². The van der Waals surface area contributed by atoms with E-state index in [0.717, 1.165) is 5.57 Å². The lowest BCUT2D eigenvalue weighted by atomic mass is 9.85. The molecule has 2 heterocycles. The zero-order valence-electron chi connectivity index (χ0n) is 18.6. The molecule has 0 unspecified atom stereocenters. The van der Waals surface area contributed by atoms with Crippen molar-refractivity contribution in [2.75, 3.05) is 6.61 Å². The summed E-state index contributed by atoms with van der Waals surface area (Å²) in [5.41, 5.74) is 0.743. The predicted molar refractivity (Wildman–Crippen MR) is 121 cm³/mol. The van der Waals surface area contributed by atoms with Crippen LogP contribution in [-0.2, 0) is 6.42 Å². The van der Waals surface area contributed by atoms with Crippen LogP contribution in [0.2, 0.25) is 0 Å². The third-order valence-electron chi connectivity index (χ3n) is 6.30. The lowest BCUT2D eigenvalue weighted by Crippen LogP contribution is -2.37. The summed E-state index contributed by atoms with van der Waals surface area (Å²) in [4.78, 5) is 13.6. The number of aromatic hydroxyl groups is 1. The molecule has 0 radical (unpaired) electrons. The quantitative estimate of drug-likeness (QED) is 0.363. The summed E-state index contributed by atoms with van der Waals surface area (Å²) in [5.74, 6) is -0.221. The zero-order chi connectivity index (χ0) is 23.5. The number of aryl methyl sites for hydroxylation is 1. The first-order valence-corrected chi connectivity index (χ1v) is 10.5. The maximum atomic E-state index is 13.6. The van der Waals surface area contributed by atoms with Gasteiger partial charge in [0.1, 0.15) is 28.1 Å². The van der Waals surface area contributed by atoms with Gasteiger partial charge in [-0.15, -0.1) is 0 Å². The van der Waals surface area contributed by atoms with E-state index >= 15 is 0 Å². The van der Waals surface area contributed by atoms with Crippen LogP contribution in [0.15, 0.2) is 39.6 Å². The van der Waals surface area contributed by atoms with E-state index in [0.29, 0.717) is 22.4 Å². The van der Waals surface area contributed by atoms with Crippen LogP contribution in [0, 0.1) is 12.8 Å². The first-order valence-electron chi connectivity index (χ1n) is 10.5. The number of benzene rings is 2. The molecule has 7 nitrogen and oxygen atoms in total. The molecule has 4 N–H and O–H groups in total. The van der Waals surface area contributed by atoms with Crippen LogP contribution in [0.3, 0.4) is 0 Å². The highest BCUT2D eigenvalue weighted by atomic mass is 16.5. The van der Waals surface area contributed by atoms with Gasteiger partial charge in [-0.1, -0.05) is 18.2 Å². The van der Waals surface area contributed by atoms with Crippen molar-refractivity contribution in [2.24, 2.45) is 5.92 Å². The Balaban J connectivity index is 2.05. The molecule has 170 valence electrons. The van der Waals surface area contributed by atoms with E-state index in [2.05, 4.69) is 6.58 Å². The molecule has 32 heavy (non-hydrogen) atoms. The highest BCUT2D eigenvalue weighted by Gasteiger charge is 2.35. The zero-order valence-corrected chi connectivity index (χ0v) is 18.6. The molecule has 1 aliphatic heterocycles. The highest BCUT2D eigenvalue weighted by molar-refractivity contribution is 5.97. The fraction of sp³-hybridized carbons (Fsp3) is 0.400. The van der Waals surface area contributed by atoms with Crippen molar-refractivity contribution in [1.82, 2.24) is 0 Å². The lowest BCUT2D eigenvalue weighted by molar-refractivity contribution is -0.0468. The maximum Gasteiger partial charge on any atom is 0.204 e. The number of phenols is 1. The van der Waals surface area contributed by atoms with Gasteiger partial charge in [-0.2, -0.15) is 0 Å². The Kier molecular flexibility index (Phi) is 5.32. The summed E-state index contributed by atoms with van der Waals surface area (Å²) in [6.07, 6.45) is -2.11. The molecule has 1 aliphatic rings. The third kappa shape index (κ3) is 3.46. The first kappa shape index (κ1) is 22.3. The average molecular weight is 440 g/mol. The summed E-state index contributed by atoms with van der Waals surface area (Å²) in [7, 11) is 0. The number of ether oxygens (including phenoxy) is 1. The number of aliphatic hydroxyl groups excluding tert-OH is 2. The number of rotatable bonds is 4. The van der Waals surface area contributed by atoms with E-state index in [1.165, 1.54) is 19.9 Å². The number of hydrogen-bond donors (Lipinski definition) is 4. The number of fused-ring (bicyclic) bond motifs is 4. The average Bonchev–Trinajstić information content (AvgIpc) is 2.69. The molecular formula is C25H28O7. The molecule has 0 spiro atoms. The summed E-state index contributed by atoms with van der Waals surface area (Å²) in [5, 5.41) is 42.2. The molecule has 7 heteroatoms. The van der Waals surface area contributed by atoms with Crippen molar-refractivity contribution in [1.29, 1.82) is 0 Å². The number of phenolic OH excluding ortho intramolecular Hbond substituents is 1. The molecule has 0 saturated carbocycles. The van der Waals surface area contributed by atoms with Crippen LogP contribution in [0.5, 0.6) is 11.5 Å². The minimum absolute atomic E-state index is 0.0160. The van der Waals surface area contributed by atoms with Crippen LogP contribution in [0.25, 0.3) is 21.9 Å². The Morgan fingerprint density at radius 1 is 1.31 bits per heavy atom. The van der Waals surface area contributed by atoms with E-state index < -0.39 is 23.2 Å². The van der Waals surface area contributed by atoms with Gasteiger partial charge in [0.15, 0.2) is 0 Å². The number of aliphatic hydroxyl groups is 3. The Morgan fingerprint density at radius 2 is 2.00 bits per heavy atom. The fourth-order valence-corrected chi connectivity index (χ4v) is 4.26. The molecule has 2 aromatic carbocycles. The Bertz CT molecular complexity index is 1300. The molecule has 3 aromatic rings. The van der Waals surface area contributed by atoms with Crippen molar-refractivity contribution < 1.29 is 29.6 Å². The monoisotopic (exact) mass is 440 g/mol. The van der Waals surface area contributed by atoms with E-state index in [1.54, 1.807) is 26.0 Å². The molecule has 0 fully saturated rings. The van der Waals surface area contributed by atoms with Gasteiger partial charge in [0, 0.05) is 17.9 Å². The minimum atomic E-state index is -1.37. The molecule has 3 atom stereocenters. The van der Waals surface area contributed by atoms with E-state index in [1.807, 2.05) is 0 Å². The SMILES string of the molecule is C=C(C)[C@@H]1COc2c(C)cc3oc4c(C[C@H](O)C(C)(C)O)ccc(O)c4c(=O)c3c2[C@H]1O. The van der Waals surface area contributed by atoms with Gasteiger partial charge in [-0.25, -0.2) is 0 Å². The van der Waals surface area contributed by atoms with E-state index in [4.69, 9.17) is 9.15 Å². The second-order valence-corrected chi connectivity index (χ2v) is 9.27. The van der Waals surface area contributed by atoms with Crippen LogP contribution in [0.4, 0.5) is 0 Å². The largest absolute Gasteiger partial charge is 0.507 e. The normalized spacial score (nSPS) is 19.6. The van der Waals surface area contributed by atoms with E-state index in [-0.39, 0.29) is 46.6 Å². The number of hydrogen-bond acceptors (Lipinski definition) is 7.